The zero-order valence-corrected chi connectivity index (χ0v) is 23.3. The van der Waals surface area contributed by atoms with Crippen molar-refractivity contribution in [2.24, 2.45) is 5.92 Å². The van der Waals surface area contributed by atoms with E-state index >= 15 is 0 Å². The molecule has 1 heterocycles. The Morgan fingerprint density at radius 1 is 1.16 bits per heavy atom. The lowest BCUT2D eigenvalue weighted by Crippen LogP contribution is -2.56. The molecule has 0 aliphatic carbocycles. The summed E-state index contributed by atoms with van der Waals surface area (Å²) in [5.74, 6) is 1.58. The molecule has 1 aliphatic rings. The number of piperazine rings is 1. The number of anilines is 1. The van der Waals surface area contributed by atoms with Crippen molar-refractivity contribution < 1.29 is 14.6 Å². The second-order valence-corrected chi connectivity index (χ2v) is 9.75. The van der Waals surface area contributed by atoms with E-state index in [-0.39, 0.29) is 29.7 Å². The van der Waals surface area contributed by atoms with Crippen LogP contribution in [0.15, 0.2) is 110 Å². The quantitative estimate of drug-likeness (QED) is 0.194. The van der Waals surface area contributed by atoms with Gasteiger partial charge in [0.25, 0.3) is 5.91 Å². The van der Waals surface area contributed by atoms with Gasteiger partial charge in [0.2, 0.25) is 0 Å². The van der Waals surface area contributed by atoms with Gasteiger partial charge in [-0.25, -0.2) is 0 Å². The standard InChI is InChI=1S/C32H43N3O3/c1-8-11-12-16-30(10-3)38-26(7)17-18-27(9-2)32(37)33-31(24(4)5)23-34-19-20-35(25(6)22-34)28-14-13-15-29(36)21-28/h8-18,21,24-25,31,36H,1-3,19-20,22-23H2,4-7H3,(H,33,37)/b12-11-,26-17+,27-18+,30-16+/t25-,31+/m0/s1. The number of nitrogens with zero attached hydrogens (tertiary/aromatic N) is 2. The number of carbonyl (C=O) groups is 1. The predicted molar refractivity (Wildman–Crippen MR) is 159 cm³/mol. The number of ether oxygens (including phenoxy) is 1. The van der Waals surface area contributed by atoms with Gasteiger partial charge in [0, 0.05) is 55.6 Å². The van der Waals surface area contributed by atoms with Gasteiger partial charge in [0.15, 0.2) is 0 Å². The molecule has 6 nitrogen and oxygen atoms in total. The number of amides is 1. The molecule has 1 aromatic carbocycles. The molecule has 2 N–H and O–H groups in total. The molecule has 1 fully saturated rings. The van der Waals surface area contributed by atoms with Crippen LogP contribution in [0.25, 0.3) is 0 Å². The first-order valence-electron chi connectivity index (χ1n) is 13.1. The van der Waals surface area contributed by atoms with Crippen molar-refractivity contribution in [3.63, 3.8) is 0 Å². The number of hydrogen-bond donors (Lipinski definition) is 2. The van der Waals surface area contributed by atoms with Crippen LogP contribution in [-0.4, -0.2) is 54.2 Å². The van der Waals surface area contributed by atoms with Crippen LogP contribution in [0.2, 0.25) is 0 Å². The zero-order valence-electron chi connectivity index (χ0n) is 23.3. The molecule has 0 bridgehead atoms. The molecule has 1 aliphatic heterocycles. The van der Waals surface area contributed by atoms with Crippen molar-refractivity contribution >= 4 is 11.6 Å². The van der Waals surface area contributed by atoms with Gasteiger partial charge in [-0.15, -0.1) is 0 Å². The SMILES string of the molecule is C=C/C=C\C=C(/C=C)O/C(C)=C/C=C(\C=C)C(=O)N[C@H](CN1CCN(c2cccc(O)c2)[C@@H](C)C1)C(C)C. The molecule has 2 atom stereocenters. The smallest absolute Gasteiger partial charge is 0.251 e. The van der Waals surface area contributed by atoms with Gasteiger partial charge in [-0.2, -0.15) is 0 Å². The maximum absolute atomic E-state index is 13.1. The van der Waals surface area contributed by atoms with E-state index in [1.807, 2.05) is 31.2 Å². The number of nitrogens with one attached hydrogen (secondary N) is 1. The summed E-state index contributed by atoms with van der Waals surface area (Å²) >= 11 is 0. The zero-order chi connectivity index (χ0) is 28.1. The molecule has 0 saturated carbocycles. The molecule has 0 aromatic heterocycles. The first-order valence-corrected chi connectivity index (χ1v) is 13.1. The predicted octanol–water partition coefficient (Wildman–Crippen LogP) is 5.89. The molecule has 1 amide bonds. The van der Waals surface area contributed by atoms with Crippen LogP contribution in [0.3, 0.4) is 0 Å². The second kappa shape index (κ2) is 15.5. The van der Waals surface area contributed by atoms with Gasteiger partial charge >= 0.3 is 0 Å². The summed E-state index contributed by atoms with van der Waals surface area (Å²) in [6.07, 6.45) is 13.7. The van der Waals surface area contributed by atoms with Crippen LogP contribution in [-0.2, 0) is 9.53 Å². The fourth-order valence-corrected chi connectivity index (χ4v) is 4.24. The first kappa shape index (κ1) is 30.5. The number of phenolic OH excluding ortho intramolecular Hbond substituents is 1. The molecule has 1 aromatic rings. The minimum Gasteiger partial charge on any atom is -0.508 e. The van der Waals surface area contributed by atoms with Crippen molar-refractivity contribution in [2.45, 2.75) is 39.8 Å². The molecule has 0 radical (unpaired) electrons. The number of hydrogen-bond acceptors (Lipinski definition) is 5. The van der Waals surface area contributed by atoms with Crippen LogP contribution in [0.1, 0.15) is 27.7 Å². The summed E-state index contributed by atoms with van der Waals surface area (Å²) in [6, 6.07) is 7.67. The Hall–Kier alpha value is -3.77. The fourth-order valence-electron chi connectivity index (χ4n) is 4.24. The number of benzene rings is 1. The van der Waals surface area contributed by atoms with E-state index in [9.17, 15) is 9.90 Å². The number of phenols is 1. The van der Waals surface area contributed by atoms with Crippen LogP contribution in [0.4, 0.5) is 5.69 Å². The third-order valence-corrected chi connectivity index (χ3v) is 6.42. The van der Waals surface area contributed by atoms with Gasteiger partial charge in [-0.05, 0) is 56.2 Å². The van der Waals surface area contributed by atoms with E-state index in [1.165, 1.54) is 0 Å². The summed E-state index contributed by atoms with van der Waals surface area (Å²) in [5.41, 5.74) is 1.50. The van der Waals surface area contributed by atoms with Gasteiger partial charge < -0.3 is 20.1 Å². The van der Waals surface area contributed by atoms with E-state index in [1.54, 1.807) is 48.6 Å². The molecule has 204 valence electrons. The number of carbonyl (C=O) groups excluding carboxylic acids is 1. The highest BCUT2D eigenvalue weighted by Crippen LogP contribution is 2.24. The highest BCUT2D eigenvalue weighted by Gasteiger charge is 2.27. The summed E-state index contributed by atoms with van der Waals surface area (Å²) < 4.78 is 5.78. The normalized spacial score (nSPS) is 18.4. The summed E-state index contributed by atoms with van der Waals surface area (Å²) in [6.45, 7) is 22.9. The monoisotopic (exact) mass is 517 g/mol. The van der Waals surface area contributed by atoms with E-state index < -0.39 is 0 Å². The average Bonchev–Trinajstić information content (AvgIpc) is 2.88. The van der Waals surface area contributed by atoms with Gasteiger partial charge in [0.1, 0.15) is 17.3 Å². The highest BCUT2D eigenvalue weighted by atomic mass is 16.5. The van der Waals surface area contributed by atoms with Crippen molar-refractivity contribution in [1.29, 1.82) is 0 Å². The van der Waals surface area contributed by atoms with Gasteiger partial charge in [0.05, 0.1) is 0 Å². The van der Waals surface area contributed by atoms with Crippen molar-refractivity contribution in [1.82, 2.24) is 10.2 Å². The van der Waals surface area contributed by atoms with Crippen LogP contribution in [0, 0.1) is 5.92 Å². The Bertz CT molecular complexity index is 1100. The minimum atomic E-state index is -0.164. The topological polar surface area (TPSA) is 65.0 Å². The Morgan fingerprint density at radius 2 is 1.92 bits per heavy atom. The van der Waals surface area contributed by atoms with Crippen LogP contribution >= 0.6 is 0 Å². The minimum absolute atomic E-state index is 0.0151. The summed E-state index contributed by atoms with van der Waals surface area (Å²) in [5, 5.41) is 13.1. The maximum atomic E-state index is 13.1. The lowest BCUT2D eigenvalue weighted by molar-refractivity contribution is -0.118. The third-order valence-electron chi connectivity index (χ3n) is 6.42. The summed E-state index contributed by atoms with van der Waals surface area (Å²) in [7, 11) is 0. The molecule has 2 rings (SSSR count). The second-order valence-electron chi connectivity index (χ2n) is 9.75. The average molecular weight is 518 g/mol. The van der Waals surface area contributed by atoms with E-state index in [0.29, 0.717) is 17.1 Å². The lowest BCUT2D eigenvalue weighted by atomic mass is 10.0. The number of allylic oxidation sites excluding steroid dienone is 8. The van der Waals surface area contributed by atoms with E-state index in [0.717, 1.165) is 31.9 Å². The number of rotatable bonds is 13. The molecule has 0 spiro atoms. The molecule has 1 saturated heterocycles. The van der Waals surface area contributed by atoms with Gasteiger partial charge in [-0.3, -0.25) is 9.69 Å². The van der Waals surface area contributed by atoms with Gasteiger partial charge in [-0.1, -0.05) is 64.0 Å². The lowest BCUT2D eigenvalue weighted by Gasteiger charge is -2.42. The Labute approximate surface area is 228 Å². The Balaban J connectivity index is 2.02. The summed E-state index contributed by atoms with van der Waals surface area (Å²) in [4.78, 5) is 17.8. The number of aromatic hydroxyl groups is 1. The van der Waals surface area contributed by atoms with Crippen LogP contribution in [0.5, 0.6) is 5.75 Å². The van der Waals surface area contributed by atoms with Crippen molar-refractivity contribution in [3.05, 3.63) is 110 Å². The highest BCUT2D eigenvalue weighted by molar-refractivity contribution is 5.96. The first-order chi connectivity index (χ1) is 18.2. The largest absolute Gasteiger partial charge is 0.508 e. The Morgan fingerprint density at radius 3 is 2.53 bits per heavy atom. The van der Waals surface area contributed by atoms with Crippen molar-refractivity contribution in [3.8, 4) is 5.75 Å². The Kier molecular flexibility index (Phi) is 12.4. The van der Waals surface area contributed by atoms with E-state index in [4.69, 9.17) is 4.74 Å². The van der Waals surface area contributed by atoms with Crippen LogP contribution < -0.4 is 10.2 Å². The molecular weight excluding hydrogens is 474 g/mol. The third kappa shape index (κ3) is 9.60. The molecular formula is C32H43N3O3. The molecule has 38 heavy (non-hydrogen) atoms. The van der Waals surface area contributed by atoms with Crippen molar-refractivity contribution in [2.75, 3.05) is 31.1 Å². The molecule has 6 heteroatoms. The maximum Gasteiger partial charge on any atom is 0.251 e. The fraction of sp³-hybridized carbons (Fsp3) is 0.344. The van der Waals surface area contributed by atoms with E-state index in [2.05, 4.69) is 55.6 Å². The molecule has 0 unspecified atom stereocenters.